The molecule has 2 amide bonds. The highest BCUT2D eigenvalue weighted by Gasteiger charge is 2.35. The summed E-state index contributed by atoms with van der Waals surface area (Å²) in [6.07, 6.45) is 5.19. The van der Waals surface area contributed by atoms with Crippen molar-refractivity contribution in [1.82, 2.24) is 20.3 Å². The van der Waals surface area contributed by atoms with Crippen molar-refractivity contribution >= 4 is 28.5 Å². The number of para-hydroxylation sites is 1. The number of anilines is 1. The number of rotatable bonds is 9. The summed E-state index contributed by atoms with van der Waals surface area (Å²) in [5.41, 5.74) is 2.65. The van der Waals surface area contributed by atoms with Gasteiger partial charge in [0.2, 0.25) is 11.8 Å². The highest BCUT2D eigenvalue weighted by molar-refractivity contribution is 6.01. The van der Waals surface area contributed by atoms with Crippen molar-refractivity contribution in [1.29, 1.82) is 0 Å². The quantitative estimate of drug-likeness (QED) is 0.340. The van der Waals surface area contributed by atoms with Gasteiger partial charge in [-0.3, -0.25) is 14.5 Å². The third kappa shape index (κ3) is 5.87. The predicted molar refractivity (Wildman–Crippen MR) is 149 cm³/mol. The molecule has 1 aliphatic rings. The average Bonchev–Trinajstić information content (AvgIpc) is 3.39. The molecule has 3 aromatic carbocycles. The van der Waals surface area contributed by atoms with Gasteiger partial charge in [0.25, 0.3) is 0 Å². The summed E-state index contributed by atoms with van der Waals surface area (Å²) in [6.45, 7) is -0.0935. The second-order valence-corrected chi connectivity index (χ2v) is 9.72. The van der Waals surface area contributed by atoms with Gasteiger partial charge in [-0.15, -0.1) is 5.10 Å². The minimum Gasteiger partial charge on any atom is -0.497 e. The third-order valence-corrected chi connectivity index (χ3v) is 7.19. The lowest BCUT2D eigenvalue weighted by Crippen LogP contribution is -2.48. The van der Waals surface area contributed by atoms with Crippen molar-refractivity contribution in [2.45, 2.75) is 50.7 Å². The summed E-state index contributed by atoms with van der Waals surface area (Å²) in [5.74, 6) is 0.718. The first-order chi connectivity index (χ1) is 19.1. The lowest BCUT2D eigenvalue weighted by Gasteiger charge is -2.33. The van der Waals surface area contributed by atoms with Crippen LogP contribution < -0.4 is 19.7 Å². The fourth-order valence-corrected chi connectivity index (χ4v) is 5.17. The van der Waals surface area contributed by atoms with Crippen LogP contribution in [0.4, 0.5) is 5.69 Å². The smallest absolute Gasteiger partial charge is 0.249 e. The van der Waals surface area contributed by atoms with Crippen LogP contribution in [0.15, 0.2) is 72.8 Å². The van der Waals surface area contributed by atoms with E-state index in [0.29, 0.717) is 28.3 Å². The molecule has 0 radical (unpaired) electrons. The van der Waals surface area contributed by atoms with Crippen molar-refractivity contribution in [2.24, 2.45) is 0 Å². The van der Waals surface area contributed by atoms with Gasteiger partial charge in [-0.25, -0.2) is 4.68 Å². The molecular formula is C30H33N5O4. The fourth-order valence-electron chi connectivity index (χ4n) is 5.17. The number of methoxy groups -OCH3 is 2. The molecule has 202 valence electrons. The monoisotopic (exact) mass is 527 g/mol. The van der Waals surface area contributed by atoms with E-state index in [9.17, 15) is 9.59 Å². The van der Waals surface area contributed by atoms with Crippen LogP contribution in [-0.2, 0) is 16.1 Å². The van der Waals surface area contributed by atoms with E-state index in [2.05, 4.69) is 15.6 Å². The van der Waals surface area contributed by atoms with Crippen LogP contribution in [-0.4, -0.2) is 47.1 Å². The molecule has 1 fully saturated rings. The number of amides is 2. The maximum absolute atomic E-state index is 14.2. The molecular weight excluding hydrogens is 494 g/mol. The van der Waals surface area contributed by atoms with E-state index in [0.717, 1.165) is 31.2 Å². The summed E-state index contributed by atoms with van der Waals surface area (Å²) in [5, 5.41) is 11.6. The molecule has 9 nitrogen and oxygen atoms in total. The number of benzene rings is 3. The molecule has 1 aliphatic carbocycles. The second-order valence-electron chi connectivity index (χ2n) is 9.72. The topological polar surface area (TPSA) is 98.6 Å². The van der Waals surface area contributed by atoms with Crippen molar-refractivity contribution < 1.29 is 19.1 Å². The van der Waals surface area contributed by atoms with Crippen LogP contribution in [0.3, 0.4) is 0 Å². The van der Waals surface area contributed by atoms with Crippen LogP contribution in [0.1, 0.15) is 43.7 Å². The maximum Gasteiger partial charge on any atom is 0.249 e. The Kier molecular flexibility index (Phi) is 8.05. The normalized spacial score (nSPS) is 14.5. The summed E-state index contributed by atoms with van der Waals surface area (Å²) in [7, 11) is 3.17. The third-order valence-electron chi connectivity index (χ3n) is 7.19. The molecule has 39 heavy (non-hydrogen) atoms. The zero-order valence-electron chi connectivity index (χ0n) is 22.2. The molecule has 4 aromatic rings. The fraction of sp³-hybridized carbons (Fsp3) is 0.333. The van der Waals surface area contributed by atoms with Gasteiger partial charge in [0.15, 0.2) is 0 Å². The van der Waals surface area contributed by atoms with E-state index in [1.165, 1.54) is 6.42 Å². The van der Waals surface area contributed by atoms with Crippen LogP contribution in [0.2, 0.25) is 0 Å². The molecule has 0 saturated heterocycles. The Bertz CT molecular complexity index is 1430. The molecule has 1 saturated carbocycles. The summed E-state index contributed by atoms with van der Waals surface area (Å²) < 4.78 is 12.4. The van der Waals surface area contributed by atoms with Gasteiger partial charge in [-0.05, 0) is 66.9 Å². The van der Waals surface area contributed by atoms with Crippen molar-refractivity contribution in [3.63, 3.8) is 0 Å². The second kappa shape index (κ2) is 12.0. The largest absolute Gasteiger partial charge is 0.497 e. The first-order valence-corrected chi connectivity index (χ1v) is 13.3. The zero-order chi connectivity index (χ0) is 27.2. The number of aromatic nitrogens is 3. The number of carbonyl (C=O) groups excluding carboxylic acids is 2. The Morgan fingerprint density at radius 1 is 0.949 bits per heavy atom. The molecule has 0 spiro atoms. The van der Waals surface area contributed by atoms with Gasteiger partial charge < -0.3 is 14.8 Å². The van der Waals surface area contributed by atoms with E-state index in [1.54, 1.807) is 54.1 Å². The minimum atomic E-state index is -0.933. The molecule has 0 aliphatic heterocycles. The van der Waals surface area contributed by atoms with E-state index in [4.69, 9.17) is 9.47 Å². The van der Waals surface area contributed by atoms with E-state index < -0.39 is 6.04 Å². The Labute approximate surface area is 227 Å². The SMILES string of the molecule is COc1ccc(N(C(=O)Cn2nnc3ccccc32)[C@H](C(=O)NC2CCCCC2)c2cccc(OC)c2)cc1. The van der Waals surface area contributed by atoms with E-state index >= 15 is 0 Å². The van der Waals surface area contributed by atoms with Crippen molar-refractivity contribution in [3.8, 4) is 11.5 Å². The lowest BCUT2D eigenvalue weighted by molar-refractivity contribution is -0.127. The number of nitrogens with one attached hydrogen (secondary N) is 1. The highest BCUT2D eigenvalue weighted by Crippen LogP contribution is 2.32. The van der Waals surface area contributed by atoms with Gasteiger partial charge in [-0.1, -0.05) is 48.7 Å². The molecule has 1 aromatic heterocycles. The number of ether oxygens (including phenoxy) is 2. The maximum atomic E-state index is 14.2. The Balaban J connectivity index is 1.57. The van der Waals surface area contributed by atoms with Gasteiger partial charge in [0.05, 0.1) is 19.7 Å². The van der Waals surface area contributed by atoms with Crippen LogP contribution in [0, 0.1) is 0 Å². The van der Waals surface area contributed by atoms with Gasteiger partial charge in [-0.2, -0.15) is 0 Å². The number of hydrogen-bond donors (Lipinski definition) is 1. The zero-order valence-corrected chi connectivity index (χ0v) is 22.2. The molecule has 9 heteroatoms. The Hall–Kier alpha value is -4.40. The number of carbonyl (C=O) groups is 2. The van der Waals surface area contributed by atoms with Gasteiger partial charge >= 0.3 is 0 Å². The molecule has 0 unspecified atom stereocenters. The molecule has 1 heterocycles. The summed E-state index contributed by atoms with van der Waals surface area (Å²) in [4.78, 5) is 29.8. The van der Waals surface area contributed by atoms with Crippen LogP contribution in [0.25, 0.3) is 11.0 Å². The molecule has 5 rings (SSSR count). The first kappa shape index (κ1) is 26.2. The Morgan fingerprint density at radius 2 is 1.69 bits per heavy atom. The van der Waals surface area contributed by atoms with Crippen LogP contribution >= 0.6 is 0 Å². The lowest BCUT2D eigenvalue weighted by atomic mass is 9.94. The summed E-state index contributed by atoms with van der Waals surface area (Å²) >= 11 is 0. The van der Waals surface area contributed by atoms with Gasteiger partial charge in [0.1, 0.15) is 29.6 Å². The number of fused-ring (bicyclic) bond motifs is 1. The standard InChI is InChI=1S/C30H33N5O4/c1-38-24-17-15-23(16-18-24)35(28(36)20-34-27-14-7-6-13-26(27)32-33-34)29(21-9-8-12-25(19-21)39-2)30(37)31-22-10-4-3-5-11-22/h6-9,12-19,22,29H,3-5,10-11,20H2,1-2H3,(H,31,37)/t29-/m0/s1. The predicted octanol–water partition coefficient (Wildman–Crippen LogP) is 4.67. The first-order valence-electron chi connectivity index (χ1n) is 13.3. The Morgan fingerprint density at radius 3 is 2.44 bits per heavy atom. The number of hydrogen-bond acceptors (Lipinski definition) is 6. The van der Waals surface area contributed by atoms with Crippen molar-refractivity contribution in [2.75, 3.05) is 19.1 Å². The van der Waals surface area contributed by atoms with Crippen LogP contribution in [0.5, 0.6) is 11.5 Å². The number of nitrogens with zero attached hydrogens (tertiary/aromatic N) is 4. The average molecular weight is 528 g/mol. The highest BCUT2D eigenvalue weighted by atomic mass is 16.5. The van der Waals surface area contributed by atoms with Crippen molar-refractivity contribution in [3.05, 3.63) is 78.4 Å². The molecule has 1 atom stereocenters. The van der Waals surface area contributed by atoms with E-state index in [1.807, 2.05) is 42.5 Å². The minimum absolute atomic E-state index is 0.0754. The molecule has 0 bridgehead atoms. The summed E-state index contributed by atoms with van der Waals surface area (Å²) in [6, 6.07) is 21.1. The van der Waals surface area contributed by atoms with E-state index in [-0.39, 0.29) is 24.4 Å². The molecule has 1 N–H and O–H groups in total. The van der Waals surface area contributed by atoms with Gasteiger partial charge in [0, 0.05) is 11.7 Å².